The second-order valence-corrected chi connectivity index (χ2v) is 7.24. The fourth-order valence-electron chi connectivity index (χ4n) is 2.48. The summed E-state index contributed by atoms with van der Waals surface area (Å²) in [5, 5.41) is 1.06. The van der Waals surface area contributed by atoms with Crippen LogP contribution in [0.2, 0.25) is 5.02 Å². The lowest BCUT2D eigenvalue weighted by Gasteiger charge is -2.07. The SMILES string of the molecule is COc1ccc(C(=O)COC(=O)c2sc(C)nc2-c2ccccc2)cc1Cl. The predicted octanol–water partition coefficient (Wildman–Crippen LogP) is 4.82. The first-order chi connectivity index (χ1) is 13.0. The highest BCUT2D eigenvalue weighted by molar-refractivity contribution is 7.14. The molecule has 0 aliphatic heterocycles. The Hall–Kier alpha value is -2.70. The van der Waals surface area contributed by atoms with E-state index in [9.17, 15) is 9.59 Å². The highest BCUT2D eigenvalue weighted by Gasteiger charge is 2.21. The molecule has 27 heavy (non-hydrogen) atoms. The van der Waals surface area contributed by atoms with Gasteiger partial charge >= 0.3 is 5.97 Å². The van der Waals surface area contributed by atoms with Gasteiger partial charge in [-0.1, -0.05) is 41.9 Å². The molecule has 0 saturated carbocycles. The zero-order valence-corrected chi connectivity index (χ0v) is 16.3. The van der Waals surface area contributed by atoms with E-state index >= 15 is 0 Å². The minimum atomic E-state index is -0.576. The Labute approximate surface area is 165 Å². The summed E-state index contributed by atoms with van der Waals surface area (Å²) >= 11 is 7.27. The number of ketones is 1. The number of ether oxygens (including phenoxy) is 2. The lowest BCUT2D eigenvalue weighted by molar-refractivity contribution is 0.0480. The number of Topliss-reactive ketones (excluding diaryl/α,β-unsaturated/α-hetero) is 1. The second-order valence-electron chi connectivity index (χ2n) is 5.63. The maximum Gasteiger partial charge on any atom is 0.351 e. The van der Waals surface area contributed by atoms with Crippen molar-refractivity contribution in [2.75, 3.05) is 13.7 Å². The predicted molar refractivity (Wildman–Crippen MR) is 105 cm³/mol. The Morgan fingerprint density at radius 1 is 1.15 bits per heavy atom. The Bertz CT molecular complexity index is 985. The van der Waals surface area contributed by atoms with E-state index in [1.807, 2.05) is 37.3 Å². The van der Waals surface area contributed by atoms with Crippen LogP contribution < -0.4 is 4.74 Å². The highest BCUT2D eigenvalue weighted by atomic mass is 35.5. The fraction of sp³-hybridized carbons (Fsp3) is 0.150. The number of benzene rings is 2. The summed E-state index contributed by atoms with van der Waals surface area (Å²) in [5.41, 5.74) is 1.72. The molecule has 0 fully saturated rings. The van der Waals surface area contributed by atoms with Crippen LogP contribution in [0.1, 0.15) is 25.0 Å². The molecule has 7 heteroatoms. The van der Waals surface area contributed by atoms with Gasteiger partial charge in [-0.2, -0.15) is 0 Å². The quantitative estimate of drug-likeness (QED) is 0.437. The van der Waals surface area contributed by atoms with Gasteiger partial charge in [0.15, 0.2) is 12.4 Å². The summed E-state index contributed by atoms with van der Waals surface area (Å²) in [5.74, 6) is -0.458. The van der Waals surface area contributed by atoms with Crippen molar-refractivity contribution in [3.05, 3.63) is 69.0 Å². The summed E-state index contributed by atoms with van der Waals surface area (Å²) in [7, 11) is 1.49. The third-order valence-electron chi connectivity index (χ3n) is 3.77. The highest BCUT2D eigenvalue weighted by Crippen LogP contribution is 2.29. The van der Waals surface area contributed by atoms with Crippen molar-refractivity contribution < 1.29 is 19.1 Å². The van der Waals surface area contributed by atoms with Gasteiger partial charge in [0, 0.05) is 11.1 Å². The van der Waals surface area contributed by atoms with Crippen molar-refractivity contribution >= 4 is 34.7 Å². The Morgan fingerprint density at radius 2 is 1.89 bits per heavy atom. The molecule has 0 atom stereocenters. The number of thiazole rings is 1. The first-order valence-corrected chi connectivity index (χ1v) is 9.25. The molecular weight excluding hydrogens is 386 g/mol. The number of aryl methyl sites for hydroxylation is 1. The molecule has 0 amide bonds. The maximum atomic E-state index is 12.5. The van der Waals surface area contributed by atoms with Crippen LogP contribution in [-0.4, -0.2) is 30.5 Å². The Morgan fingerprint density at radius 3 is 2.56 bits per heavy atom. The lowest BCUT2D eigenvalue weighted by Crippen LogP contribution is -2.14. The summed E-state index contributed by atoms with van der Waals surface area (Å²) in [6, 6.07) is 14.0. The molecule has 0 aliphatic carbocycles. The molecule has 0 bridgehead atoms. The first-order valence-electron chi connectivity index (χ1n) is 8.06. The van der Waals surface area contributed by atoms with E-state index in [0.29, 0.717) is 26.9 Å². The zero-order valence-electron chi connectivity index (χ0n) is 14.7. The number of aromatic nitrogens is 1. The number of rotatable bonds is 6. The van der Waals surface area contributed by atoms with E-state index in [0.717, 1.165) is 10.6 Å². The molecule has 0 N–H and O–H groups in total. The number of hydrogen-bond donors (Lipinski definition) is 0. The normalized spacial score (nSPS) is 10.5. The second kappa shape index (κ2) is 8.33. The molecule has 1 heterocycles. The van der Waals surface area contributed by atoms with Crippen LogP contribution in [-0.2, 0) is 4.74 Å². The van der Waals surface area contributed by atoms with Crippen molar-refractivity contribution in [1.82, 2.24) is 4.98 Å². The molecule has 0 spiro atoms. The summed E-state index contributed by atoms with van der Waals surface area (Å²) in [6.45, 7) is 1.44. The number of carbonyl (C=O) groups excluding carboxylic acids is 2. The van der Waals surface area contributed by atoms with Crippen molar-refractivity contribution in [2.45, 2.75) is 6.92 Å². The van der Waals surface area contributed by atoms with Crippen LogP contribution in [0.3, 0.4) is 0 Å². The zero-order chi connectivity index (χ0) is 19.4. The summed E-state index contributed by atoms with van der Waals surface area (Å²) in [4.78, 5) is 29.6. The van der Waals surface area contributed by atoms with Crippen molar-refractivity contribution in [1.29, 1.82) is 0 Å². The topological polar surface area (TPSA) is 65.5 Å². The van der Waals surface area contributed by atoms with Gasteiger partial charge in [0.1, 0.15) is 10.6 Å². The van der Waals surface area contributed by atoms with Crippen LogP contribution in [0, 0.1) is 6.92 Å². The minimum absolute atomic E-state index is 0.319. The number of esters is 1. The molecule has 0 radical (unpaired) electrons. The van der Waals surface area contributed by atoms with E-state index in [4.69, 9.17) is 21.1 Å². The molecule has 138 valence electrons. The molecule has 1 aromatic heterocycles. The third kappa shape index (κ3) is 4.35. The van der Waals surface area contributed by atoms with Crippen LogP contribution in [0.5, 0.6) is 5.75 Å². The van der Waals surface area contributed by atoms with E-state index in [2.05, 4.69) is 4.98 Å². The van der Waals surface area contributed by atoms with E-state index < -0.39 is 5.97 Å². The van der Waals surface area contributed by atoms with Gasteiger partial charge in [-0.3, -0.25) is 4.79 Å². The van der Waals surface area contributed by atoms with E-state index in [1.54, 1.807) is 12.1 Å². The summed E-state index contributed by atoms with van der Waals surface area (Å²) < 4.78 is 10.3. The van der Waals surface area contributed by atoms with Gasteiger partial charge in [-0.05, 0) is 25.1 Å². The van der Waals surface area contributed by atoms with Gasteiger partial charge in [0.25, 0.3) is 0 Å². The fourth-order valence-corrected chi connectivity index (χ4v) is 3.57. The number of methoxy groups -OCH3 is 1. The van der Waals surface area contributed by atoms with Crippen molar-refractivity contribution in [2.24, 2.45) is 0 Å². The molecular formula is C20H16ClNO4S. The molecule has 2 aromatic carbocycles. The molecule has 0 unspecified atom stereocenters. The van der Waals surface area contributed by atoms with E-state index in [-0.39, 0.29) is 12.4 Å². The lowest BCUT2D eigenvalue weighted by atomic mass is 10.1. The van der Waals surface area contributed by atoms with Gasteiger partial charge in [0.05, 0.1) is 22.8 Å². The average Bonchev–Trinajstić information content (AvgIpc) is 3.08. The standard InChI is InChI=1S/C20H16ClNO4S/c1-12-22-18(13-6-4-3-5-7-13)19(27-12)20(24)26-11-16(23)14-8-9-17(25-2)15(21)10-14/h3-10H,11H2,1-2H3. The monoisotopic (exact) mass is 401 g/mol. The number of halogens is 1. The Balaban J connectivity index is 1.73. The van der Waals surface area contributed by atoms with Gasteiger partial charge in [-0.25, -0.2) is 9.78 Å². The van der Waals surface area contributed by atoms with Crippen LogP contribution in [0.15, 0.2) is 48.5 Å². The van der Waals surface area contributed by atoms with Crippen LogP contribution in [0.25, 0.3) is 11.3 Å². The van der Waals surface area contributed by atoms with Crippen LogP contribution >= 0.6 is 22.9 Å². The number of nitrogens with zero attached hydrogens (tertiary/aromatic N) is 1. The average molecular weight is 402 g/mol. The smallest absolute Gasteiger partial charge is 0.351 e. The minimum Gasteiger partial charge on any atom is -0.495 e. The number of carbonyl (C=O) groups is 2. The molecule has 0 saturated heterocycles. The van der Waals surface area contributed by atoms with Gasteiger partial charge < -0.3 is 9.47 Å². The molecule has 3 rings (SSSR count). The summed E-state index contributed by atoms with van der Waals surface area (Å²) in [6.07, 6.45) is 0. The molecule has 0 aliphatic rings. The first kappa shape index (κ1) is 19.1. The van der Waals surface area contributed by atoms with Crippen molar-refractivity contribution in [3.8, 4) is 17.0 Å². The van der Waals surface area contributed by atoms with E-state index in [1.165, 1.54) is 24.5 Å². The van der Waals surface area contributed by atoms with Gasteiger partial charge in [0.2, 0.25) is 0 Å². The van der Waals surface area contributed by atoms with Crippen molar-refractivity contribution in [3.63, 3.8) is 0 Å². The van der Waals surface area contributed by atoms with Gasteiger partial charge in [-0.15, -0.1) is 11.3 Å². The molecule has 5 nitrogen and oxygen atoms in total. The third-order valence-corrected chi connectivity index (χ3v) is 5.02. The molecule has 3 aromatic rings. The number of hydrogen-bond acceptors (Lipinski definition) is 6. The Kier molecular flexibility index (Phi) is 5.88. The van der Waals surface area contributed by atoms with Crippen LogP contribution in [0.4, 0.5) is 0 Å². The maximum absolute atomic E-state index is 12.5. The largest absolute Gasteiger partial charge is 0.495 e.